The van der Waals surface area contributed by atoms with Crippen LogP contribution in [0.25, 0.3) is 11.0 Å². The molecule has 1 unspecified atom stereocenters. The maximum absolute atomic E-state index is 12.9. The SMILES string of the molecule is Cc1nn(C)c2nc(C3CC3)cc(C(=O)OCC(C)F)c12. The number of aromatic nitrogens is 3. The number of pyridine rings is 1. The molecule has 5 nitrogen and oxygen atoms in total. The molecule has 21 heavy (non-hydrogen) atoms. The molecule has 2 aromatic heterocycles. The maximum Gasteiger partial charge on any atom is 0.339 e. The van der Waals surface area contributed by atoms with Crippen molar-refractivity contribution in [2.45, 2.75) is 38.8 Å². The number of rotatable bonds is 4. The number of carbonyl (C=O) groups is 1. The lowest BCUT2D eigenvalue weighted by atomic mass is 10.1. The monoisotopic (exact) mass is 291 g/mol. The molecule has 112 valence electrons. The Morgan fingerprint density at radius 1 is 1.57 bits per heavy atom. The van der Waals surface area contributed by atoms with Crippen LogP contribution in [0.2, 0.25) is 0 Å². The highest BCUT2D eigenvalue weighted by Crippen LogP contribution is 2.40. The van der Waals surface area contributed by atoms with Crippen molar-refractivity contribution in [3.8, 4) is 0 Å². The Kier molecular flexibility index (Phi) is 3.39. The van der Waals surface area contributed by atoms with Crippen LogP contribution in [0.1, 0.15) is 47.4 Å². The minimum absolute atomic E-state index is 0.235. The minimum Gasteiger partial charge on any atom is -0.459 e. The molecule has 3 rings (SSSR count). The quantitative estimate of drug-likeness (QED) is 0.813. The van der Waals surface area contributed by atoms with Gasteiger partial charge in [0.15, 0.2) is 5.65 Å². The van der Waals surface area contributed by atoms with Gasteiger partial charge in [0.1, 0.15) is 12.8 Å². The minimum atomic E-state index is -1.18. The van der Waals surface area contributed by atoms with E-state index in [1.165, 1.54) is 6.92 Å². The standard InChI is InChI=1S/C15H18FN3O2/c1-8(16)7-21-15(20)11-6-12(10-4-5-10)17-14-13(11)9(2)18-19(14)3/h6,8,10H,4-5,7H2,1-3H3. The Balaban J connectivity index is 2.08. The average Bonchev–Trinajstić information content (AvgIpc) is 3.23. The molecule has 6 heteroatoms. The van der Waals surface area contributed by atoms with Crippen molar-refractivity contribution in [2.24, 2.45) is 7.05 Å². The van der Waals surface area contributed by atoms with Crippen molar-refractivity contribution in [3.05, 3.63) is 23.0 Å². The van der Waals surface area contributed by atoms with Gasteiger partial charge in [-0.15, -0.1) is 0 Å². The average molecular weight is 291 g/mol. The van der Waals surface area contributed by atoms with E-state index in [4.69, 9.17) is 4.74 Å². The van der Waals surface area contributed by atoms with Crippen LogP contribution < -0.4 is 0 Å². The van der Waals surface area contributed by atoms with Crippen LogP contribution in [0.15, 0.2) is 6.07 Å². The summed E-state index contributed by atoms with van der Waals surface area (Å²) in [6.45, 7) is 2.95. The molecule has 1 atom stereocenters. The summed E-state index contributed by atoms with van der Waals surface area (Å²) in [6, 6.07) is 1.78. The number of carbonyl (C=O) groups excluding carboxylic acids is 1. The molecular formula is C15H18FN3O2. The molecule has 1 saturated carbocycles. The summed E-state index contributed by atoms with van der Waals surface area (Å²) in [6.07, 6.45) is 1.00. The lowest BCUT2D eigenvalue weighted by Gasteiger charge is -2.08. The Morgan fingerprint density at radius 2 is 2.29 bits per heavy atom. The number of hydrogen-bond acceptors (Lipinski definition) is 4. The van der Waals surface area contributed by atoms with E-state index in [0.29, 0.717) is 22.5 Å². The highest BCUT2D eigenvalue weighted by Gasteiger charge is 2.28. The third-order valence-electron chi connectivity index (χ3n) is 3.65. The molecule has 1 fully saturated rings. The summed E-state index contributed by atoms with van der Waals surface area (Å²) >= 11 is 0. The Hall–Kier alpha value is -1.98. The maximum atomic E-state index is 12.9. The summed E-state index contributed by atoms with van der Waals surface area (Å²) in [5, 5.41) is 5.01. The van der Waals surface area contributed by atoms with Gasteiger partial charge in [0.05, 0.1) is 16.6 Å². The van der Waals surface area contributed by atoms with Crippen LogP contribution in [0.5, 0.6) is 0 Å². The predicted octanol–water partition coefficient (Wildman–Crippen LogP) is 2.67. The lowest BCUT2D eigenvalue weighted by Crippen LogP contribution is -2.13. The number of ether oxygens (including phenoxy) is 1. The van der Waals surface area contributed by atoms with Crippen LogP contribution in [0.4, 0.5) is 4.39 Å². The second-order valence-corrected chi connectivity index (χ2v) is 5.66. The number of fused-ring (bicyclic) bond motifs is 1. The van der Waals surface area contributed by atoms with Crippen LogP contribution in [-0.4, -0.2) is 33.5 Å². The predicted molar refractivity (Wildman–Crippen MR) is 76.1 cm³/mol. The molecule has 1 aliphatic carbocycles. The molecule has 0 saturated heterocycles. The van der Waals surface area contributed by atoms with Gasteiger partial charge < -0.3 is 4.74 Å². The fourth-order valence-electron chi connectivity index (χ4n) is 2.48. The Morgan fingerprint density at radius 3 is 2.90 bits per heavy atom. The zero-order chi connectivity index (χ0) is 15.1. The fourth-order valence-corrected chi connectivity index (χ4v) is 2.48. The lowest BCUT2D eigenvalue weighted by molar-refractivity contribution is 0.0418. The van der Waals surface area contributed by atoms with Gasteiger partial charge in [-0.2, -0.15) is 5.10 Å². The van der Waals surface area contributed by atoms with Gasteiger partial charge in [0, 0.05) is 18.7 Å². The Labute approximate surface area is 122 Å². The molecule has 1 aliphatic rings. The second kappa shape index (κ2) is 5.09. The van der Waals surface area contributed by atoms with E-state index < -0.39 is 12.1 Å². The molecule has 0 aromatic carbocycles. The molecular weight excluding hydrogens is 273 g/mol. The van der Waals surface area contributed by atoms with E-state index in [1.807, 2.05) is 6.92 Å². The first-order valence-corrected chi connectivity index (χ1v) is 7.12. The van der Waals surface area contributed by atoms with Gasteiger partial charge >= 0.3 is 5.97 Å². The van der Waals surface area contributed by atoms with Crippen LogP contribution >= 0.6 is 0 Å². The van der Waals surface area contributed by atoms with Crippen molar-refractivity contribution in [1.82, 2.24) is 14.8 Å². The van der Waals surface area contributed by atoms with Gasteiger partial charge in [-0.05, 0) is 32.8 Å². The van der Waals surface area contributed by atoms with Gasteiger partial charge in [-0.1, -0.05) is 0 Å². The summed E-state index contributed by atoms with van der Waals surface area (Å²) in [5.41, 5.74) is 2.73. The first-order chi connectivity index (χ1) is 9.97. The first-order valence-electron chi connectivity index (χ1n) is 7.12. The number of esters is 1. The third-order valence-corrected chi connectivity index (χ3v) is 3.65. The van der Waals surface area contributed by atoms with Crippen molar-refractivity contribution in [1.29, 1.82) is 0 Å². The second-order valence-electron chi connectivity index (χ2n) is 5.66. The fraction of sp³-hybridized carbons (Fsp3) is 0.533. The number of alkyl halides is 1. The topological polar surface area (TPSA) is 57.0 Å². The van der Waals surface area contributed by atoms with Crippen molar-refractivity contribution in [2.75, 3.05) is 6.61 Å². The molecule has 0 N–H and O–H groups in total. The summed E-state index contributed by atoms with van der Waals surface area (Å²) in [5.74, 6) is -0.0962. The van der Waals surface area contributed by atoms with E-state index in [-0.39, 0.29) is 6.61 Å². The number of nitrogens with zero attached hydrogens (tertiary/aromatic N) is 3. The molecule has 0 spiro atoms. The van der Waals surface area contributed by atoms with Crippen LogP contribution in [-0.2, 0) is 11.8 Å². The normalized spacial score (nSPS) is 16.2. The summed E-state index contributed by atoms with van der Waals surface area (Å²) in [7, 11) is 1.80. The third kappa shape index (κ3) is 2.62. The molecule has 0 radical (unpaired) electrons. The van der Waals surface area contributed by atoms with Gasteiger partial charge in [-0.3, -0.25) is 4.68 Å². The van der Waals surface area contributed by atoms with Crippen LogP contribution in [0, 0.1) is 6.92 Å². The molecule has 0 bridgehead atoms. The zero-order valence-corrected chi connectivity index (χ0v) is 12.4. The van der Waals surface area contributed by atoms with E-state index >= 15 is 0 Å². The summed E-state index contributed by atoms with van der Waals surface area (Å²) < 4.78 is 19.6. The van der Waals surface area contributed by atoms with Crippen molar-refractivity contribution in [3.63, 3.8) is 0 Å². The first kappa shape index (κ1) is 14.0. The van der Waals surface area contributed by atoms with Crippen molar-refractivity contribution < 1.29 is 13.9 Å². The van der Waals surface area contributed by atoms with Gasteiger partial charge in [0.2, 0.25) is 0 Å². The van der Waals surface area contributed by atoms with E-state index in [2.05, 4.69) is 10.1 Å². The Bertz CT molecular complexity index is 704. The number of aryl methyl sites for hydroxylation is 2. The molecule has 2 aromatic rings. The number of hydrogen-bond donors (Lipinski definition) is 0. The molecule has 2 heterocycles. The zero-order valence-electron chi connectivity index (χ0n) is 12.4. The molecule has 0 amide bonds. The summed E-state index contributed by atoms with van der Waals surface area (Å²) in [4.78, 5) is 16.9. The highest BCUT2D eigenvalue weighted by atomic mass is 19.1. The number of halogens is 1. The van der Waals surface area contributed by atoms with E-state index in [9.17, 15) is 9.18 Å². The largest absolute Gasteiger partial charge is 0.459 e. The van der Waals surface area contributed by atoms with E-state index in [1.54, 1.807) is 17.8 Å². The van der Waals surface area contributed by atoms with Gasteiger partial charge in [-0.25, -0.2) is 14.2 Å². The molecule has 0 aliphatic heterocycles. The highest BCUT2D eigenvalue weighted by molar-refractivity contribution is 6.03. The smallest absolute Gasteiger partial charge is 0.339 e. The van der Waals surface area contributed by atoms with E-state index in [0.717, 1.165) is 24.2 Å². The van der Waals surface area contributed by atoms with Gasteiger partial charge in [0.25, 0.3) is 0 Å². The van der Waals surface area contributed by atoms with Crippen LogP contribution in [0.3, 0.4) is 0 Å². The van der Waals surface area contributed by atoms with Crippen molar-refractivity contribution >= 4 is 17.0 Å².